The Kier molecular flexibility index (Phi) is 13.0. The van der Waals surface area contributed by atoms with Gasteiger partial charge in [0.25, 0.3) is 11.8 Å². The number of fused-ring (bicyclic) bond motifs is 1. The molecule has 65 heavy (non-hydrogen) atoms. The average molecular weight is 879 g/mol. The van der Waals surface area contributed by atoms with Crippen LogP contribution in [0.1, 0.15) is 88.5 Å². The number of carbonyl (C=O) groups excluding carboxylic acids is 4. The second-order valence-electron chi connectivity index (χ2n) is 17.2. The van der Waals surface area contributed by atoms with E-state index in [-0.39, 0.29) is 29.9 Å². The number of imidazole rings is 1. The van der Waals surface area contributed by atoms with Crippen LogP contribution in [-0.4, -0.2) is 95.9 Å². The lowest BCUT2D eigenvalue weighted by molar-refractivity contribution is -0.138. The van der Waals surface area contributed by atoms with Crippen LogP contribution < -0.4 is 10.6 Å². The Balaban J connectivity index is 0.940. The first-order valence-corrected chi connectivity index (χ1v) is 22.1. The van der Waals surface area contributed by atoms with E-state index < -0.39 is 36.4 Å². The van der Waals surface area contributed by atoms with E-state index in [0.29, 0.717) is 55.0 Å². The summed E-state index contributed by atoms with van der Waals surface area (Å²) in [6.07, 6.45) is 2.14. The second-order valence-corrected chi connectivity index (χ2v) is 17.2. The first-order chi connectivity index (χ1) is 31.4. The zero-order valence-electron chi connectivity index (χ0n) is 36.9. The maximum Gasteiger partial charge on any atom is 0.408 e. The summed E-state index contributed by atoms with van der Waals surface area (Å²) >= 11 is 0. The van der Waals surface area contributed by atoms with Crippen molar-refractivity contribution >= 4 is 46.5 Å². The van der Waals surface area contributed by atoms with Gasteiger partial charge in [-0.3, -0.25) is 19.3 Å². The molecule has 6 aromatic rings. The van der Waals surface area contributed by atoms with Gasteiger partial charge < -0.3 is 40.2 Å². The van der Waals surface area contributed by atoms with Crippen LogP contribution in [0.15, 0.2) is 115 Å². The third-order valence-electron chi connectivity index (χ3n) is 12.1. The minimum atomic E-state index is -1.15. The first kappa shape index (κ1) is 44.2. The number of H-pyrrole nitrogens is 2. The molecule has 2 aliphatic rings. The van der Waals surface area contributed by atoms with Gasteiger partial charge in [0.2, 0.25) is 5.91 Å². The predicted octanol–water partition coefficient (Wildman–Crippen LogP) is 8.82. The number of aromatic nitrogens is 3. The fourth-order valence-corrected chi connectivity index (χ4v) is 8.99. The molecule has 4 heterocycles. The van der Waals surface area contributed by atoms with Crippen LogP contribution >= 0.6 is 0 Å². The van der Waals surface area contributed by atoms with E-state index in [4.69, 9.17) is 9.72 Å². The Labute approximate surface area is 377 Å². The van der Waals surface area contributed by atoms with Crippen molar-refractivity contribution in [3.63, 3.8) is 0 Å². The zero-order valence-corrected chi connectivity index (χ0v) is 36.9. The smallest absolute Gasteiger partial charge is 0.408 e. The van der Waals surface area contributed by atoms with Gasteiger partial charge in [-0.2, -0.15) is 0 Å². The van der Waals surface area contributed by atoms with Crippen molar-refractivity contribution in [1.29, 1.82) is 0 Å². The van der Waals surface area contributed by atoms with Crippen LogP contribution in [0.25, 0.3) is 33.4 Å². The Morgan fingerprint density at radius 3 is 2.09 bits per heavy atom. The van der Waals surface area contributed by atoms with Gasteiger partial charge >= 0.3 is 12.2 Å². The van der Waals surface area contributed by atoms with Crippen molar-refractivity contribution < 1.29 is 33.8 Å². The number of carbonyl (C=O) groups is 5. The van der Waals surface area contributed by atoms with Crippen molar-refractivity contribution in [2.75, 3.05) is 18.4 Å². The minimum absolute atomic E-state index is 0.273. The molecule has 4 atom stereocenters. The number of hydrogen-bond acceptors (Lipinski definition) is 7. The molecule has 0 radical (unpaired) electrons. The average Bonchev–Trinajstić information content (AvgIpc) is 4.14. The molecule has 5 amide bonds. The van der Waals surface area contributed by atoms with Gasteiger partial charge in [-0.05, 0) is 100 Å². The highest BCUT2D eigenvalue weighted by atomic mass is 16.6. The van der Waals surface area contributed by atoms with Crippen LogP contribution in [0.2, 0.25) is 0 Å². The maximum absolute atomic E-state index is 14.3. The summed E-state index contributed by atoms with van der Waals surface area (Å²) in [5.41, 5.74) is 6.23. The van der Waals surface area contributed by atoms with Crippen LogP contribution in [0.5, 0.6) is 0 Å². The third kappa shape index (κ3) is 9.59. The van der Waals surface area contributed by atoms with Gasteiger partial charge in [0, 0.05) is 47.0 Å². The molecular formula is C50H54N8O7. The molecule has 0 unspecified atom stereocenters. The van der Waals surface area contributed by atoms with Gasteiger partial charge in [0.1, 0.15) is 23.9 Å². The number of nitrogens with zero attached hydrogens (tertiary/aromatic N) is 4. The van der Waals surface area contributed by atoms with Crippen LogP contribution in [-0.2, 0) is 19.1 Å². The lowest BCUT2D eigenvalue weighted by Crippen LogP contribution is -2.48. The van der Waals surface area contributed by atoms with E-state index in [1.807, 2.05) is 60.7 Å². The lowest BCUT2D eigenvalue weighted by Gasteiger charge is -2.36. The normalized spacial score (nSPS) is 17.0. The second kappa shape index (κ2) is 19.1. The van der Waals surface area contributed by atoms with Gasteiger partial charge in [0.15, 0.2) is 0 Å². The molecule has 4 aromatic carbocycles. The molecule has 2 saturated heterocycles. The number of amides is 5. The summed E-state index contributed by atoms with van der Waals surface area (Å²) < 4.78 is 5.28. The molecule has 336 valence electrons. The van der Waals surface area contributed by atoms with Crippen molar-refractivity contribution in [2.24, 2.45) is 0 Å². The molecule has 15 nitrogen and oxygen atoms in total. The number of rotatable bonds is 13. The topological polar surface area (TPSA) is 193 Å². The largest absolute Gasteiger partial charge is 0.465 e. The van der Waals surface area contributed by atoms with Crippen LogP contribution in [0.3, 0.4) is 0 Å². The fourth-order valence-electron chi connectivity index (χ4n) is 8.99. The number of nitrogens with one attached hydrogen (secondary N) is 4. The van der Waals surface area contributed by atoms with E-state index in [0.717, 1.165) is 39.8 Å². The first-order valence-electron chi connectivity index (χ1n) is 22.1. The summed E-state index contributed by atoms with van der Waals surface area (Å²) in [5.74, 6) is -0.307. The Morgan fingerprint density at radius 1 is 0.754 bits per heavy atom. The number of benzene rings is 4. The molecular weight excluding hydrogens is 825 g/mol. The molecule has 0 spiro atoms. The number of anilines is 1. The maximum atomic E-state index is 14.3. The third-order valence-corrected chi connectivity index (χ3v) is 12.1. The quantitative estimate of drug-likeness (QED) is 0.0760. The van der Waals surface area contributed by atoms with E-state index >= 15 is 0 Å². The number of aromatic amines is 2. The van der Waals surface area contributed by atoms with Gasteiger partial charge in [-0.15, -0.1) is 0 Å². The Morgan fingerprint density at radius 2 is 1.42 bits per heavy atom. The number of alkyl carbamates (subject to hydrolysis) is 1. The van der Waals surface area contributed by atoms with Crippen molar-refractivity contribution in [3.8, 4) is 22.5 Å². The molecule has 0 bridgehead atoms. The zero-order chi connectivity index (χ0) is 45.8. The monoisotopic (exact) mass is 878 g/mol. The summed E-state index contributed by atoms with van der Waals surface area (Å²) in [6, 6.07) is 30.2. The SMILES string of the molecule is CC(C)OC(=O)N[C@@H](C(=O)N1CCC[C@H]1C(=O)Nc1ccc(-c2cc3cc(-c4cnc([C@@H]5CCCN5C(=O)[C@@H](c5ccccc5)N(C(=O)O)C(C)C)[nH]4)ccc3[nH]2)cc1)c1ccccc1. The molecule has 0 aliphatic carbocycles. The van der Waals surface area contributed by atoms with E-state index in [2.05, 4.69) is 32.7 Å². The van der Waals surface area contributed by atoms with Gasteiger partial charge in [0.05, 0.1) is 24.0 Å². The predicted molar refractivity (Wildman–Crippen MR) is 246 cm³/mol. The van der Waals surface area contributed by atoms with Gasteiger partial charge in [-0.25, -0.2) is 14.6 Å². The molecule has 8 rings (SSSR count). The standard InChI is InChI=1S/C50H54N8O7/c1-30(2)58(50(63)64)44(34-15-9-6-10-16-34)48(61)56-25-11-17-41(56)45-51-29-40(54-45)35-21-24-38-36(27-35)28-39(53-38)32-19-22-37(23-20-32)52-46(59)42-18-12-26-57(42)47(60)43(33-13-7-5-8-14-33)55-49(62)65-31(3)4/h5-10,13-16,19-24,27-31,41-44,53H,11-12,17-18,25-26H2,1-4H3,(H,51,54)(H,52,59)(H,55,62)(H,63,64)/t41-,42-,43+,44+/m0/s1. The highest BCUT2D eigenvalue weighted by Gasteiger charge is 2.42. The van der Waals surface area contributed by atoms with Crippen LogP contribution in [0.4, 0.5) is 15.3 Å². The Bertz CT molecular complexity index is 2660. The summed E-state index contributed by atoms with van der Waals surface area (Å²) in [6.45, 7) is 7.89. The molecule has 15 heteroatoms. The van der Waals surface area contributed by atoms with Crippen molar-refractivity contribution in [2.45, 2.75) is 89.7 Å². The fraction of sp³-hybridized carbons (Fsp3) is 0.320. The van der Waals surface area contributed by atoms with E-state index in [9.17, 15) is 29.1 Å². The molecule has 2 fully saturated rings. The number of carboxylic acid groups (broad SMARTS) is 1. The summed E-state index contributed by atoms with van der Waals surface area (Å²) in [4.78, 5) is 83.3. The van der Waals surface area contributed by atoms with E-state index in [1.54, 1.807) is 75.2 Å². The number of ether oxygens (including phenoxy) is 1. The molecule has 5 N–H and O–H groups in total. The van der Waals surface area contributed by atoms with E-state index in [1.165, 1.54) is 9.80 Å². The van der Waals surface area contributed by atoms with Crippen molar-refractivity contribution in [3.05, 3.63) is 132 Å². The lowest BCUT2D eigenvalue weighted by atomic mass is 10.0. The summed E-state index contributed by atoms with van der Waals surface area (Å²) in [7, 11) is 0. The van der Waals surface area contributed by atoms with Gasteiger partial charge in [-0.1, -0.05) is 78.9 Å². The molecule has 2 aromatic heterocycles. The summed E-state index contributed by atoms with van der Waals surface area (Å²) in [5, 5.41) is 16.9. The molecule has 0 saturated carbocycles. The highest BCUT2D eigenvalue weighted by molar-refractivity contribution is 5.99. The minimum Gasteiger partial charge on any atom is -0.465 e. The van der Waals surface area contributed by atoms with Crippen LogP contribution in [0, 0.1) is 0 Å². The van der Waals surface area contributed by atoms with Crippen molar-refractivity contribution in [1.82, 2.24) is 35.0 Å². The highest BCUT2D eigenvalue weighted by Crippen LogP contribution is 2.37. The number of likely N-dealkylation sites (tertiary alicyclic amines) is 2. The Hall–Kier alpha value is -7.42. The number of hydrogen-bond donors (Lipinski definition) is 5. The molecule has 2 aliphatic heterocycles.